The van der Waals surface area contributed by atoms with Crippen molar-refractivity contribution in [3.05, 3.63) is 126 Å². The highest BCUT2D eigenvalue weighted by Crippen LogP contribution is 2.25. The first kappa shape index (κ1) is 32.9. The molecule has 0 saturated heterocycles. The molecule has 0 bridgehead atoms. The predicted molar refractivity (Wildman–Crippen MR) is 182 cm³/mol. The summed E-state index contributed by atoms with van der Waals surface area (Å²) in [5, 5.41) is 9.09. The van der Waals surface area contributed by atoms with Gasteiger partial charge in [0.1, 0.15) is 0 Å². The SMILES string of the molecule is C=C(NCCNCC(=O)N(CC)CC(c1ccccc1)c1ccccc1)c1ccc2ccccc2c1.CCCN=C(N)N. The number of likely N-dealkylation sites (N-methyl/N-ethyl adjacent to an activating group) is 1. The molecule has 0 radical (unpaired) electrons. The number of amides is 1. The minimum Gasteiger partial charge on any atom is -0.384 e. The summed E-state index contributed by atoms with van der Waals surface area (Å²) in [5.74, 6) is 0.438. The van der Waals surface area contributed by atoms with Gasteiger partial charge in [-0.25, -0.2) is 0 Å². The second-order valence-electron chi connectivity index (χ2n) is 10.3. The number of carbonyl (C=O) groups excluding carboxylic acids is 1. The number of carbonyl (C=O) groups is 1. The molecule has 0 unspecified atom stereocenters. The predicted octanol–water partition coefficient (Wildman–Crippen LogP) is 5.34. The first-order valence-electron chi connectivity index (χ1n) is 15.0. The van der Waals surface area contributed by atoms with Gasteiger partial charge in [-0.1, -0.05) is 111 Å². The van der Waals surface area contributed by atoms with E-state index in [0.717, 1.165) is 24.2 Å². The quantitative estimate of drug-likeness (QED) is 0.0918. The maximum atomic E-state index is 13.0. The topological polar surface area (TPSA) is 109 Å². The molecule has 7 heteroatoms. The molecule has 43 heavy (non-hydrogen) atoms. The van der Waals surface area contributed by atoms with Crippen LogP contribution in [0.1, 0.15) is 42.9 Å². The van der Waals surface area contributed by atoms with Gasteiger partial charge in [-0.2, -0.15) is 0 Å². The van der Waals surface area contributed by atoms with Gasteiger partial charge in [0.05, 0.1) is 6.54 Å². The van der Waals surface area contributed by atoms with Crippen molar-refractivity contribution in [1.82, 2.24) is 15.5 Å². The van der Waals surface area contributed by atoms with Crippen molar-refractivity contribution in [2.45, 2.75) is 26.2 Å². The van der Waals surface area contributed by atoms with Gasteiger partial charge >= 0.3 is 0 Å². The third-order valence-corrected chi connectivity index (χ3v) is 7.07. The maximum Gasteiger partial charge on any atom is 0.236 e. The Labute approximate surface area is 256 Å². The highest BCUT2D eigenvalue weighted by Gasteiger charge is 2.20. The van der Waals surface area contributed by atoms with E-state index in [1.54, 1.807) is 0 Å². The maximum absolute atomic E-state index is 13.0. The smallest absolute Gasteiger partial charge is 0.236 e. The standard InChI is InChI=1S/C32H35N3O.C4H11N3/c1-3-35(24-31(27-13-6-4-7-14-27)28-15-8-5-9-16-28)32(36)23-33-20-21-34-25(2)29-19-18-26-12-10-11-17-30(26)22-29;1-2-3-7-4(5)6/h4-19,22,31,33-34H,2-3,20-21,23-24H2,1H3;2-3H2,1H3,(H4,5,6,7). The van der Waals surface area contributed by atoms with Crippen molar-refractivity contribution < 1.29 is 4.79 Å². The lowest BCUT2D eigenvalue weighted by Crippen LogP contribution is -2.41. The number of benzene rings is 4. The number of hydrogen-bond acceptors (Lipinski definition) is 4. The number of guanidine groups is 1. The zero-order chi connectivity index (χ0) is 30.9. The normalized spacial score (nSPS) is 10.5. The Balaban J connectivity index is 0.000000646. The molecule has 0 heterocycles. The van der Waals surface area contributed by atoms with Gasteiger partial charge in [-0.3, -0.25) is 9.79 Å². The van der Waals surface area contributed by atoms with E-state index in [4.69, 9.17) is 11.5 Å². The molecule has 0 spiro atoms. The lowest BCUT2D eigenvalue weighted by molar-refractivity contribution is -0.130. The molecule has 0 aliphatic carbocycles. The fraction of sp³-hybridized carbons (Fsp3) is 0.278. The van der Waals surface area contributed by atoms with Crippen LogP contribution in [-0.2, 0) is 4.79 Å². The van der Waals surface area contributed by atoms with Crippen molar-refractivity contribution in [3.8, 4) is 0 Å². The number of aliphatic imine (C=N–C) groups is 1. The van der Waals surface area contributed by atoms with Crippen LogP contribution in [0.3, 0.4) is 0 Å². The first-order valence-corrected chi connectivity index (χ1v) is 15.0. The molecule has 4 aromatic rings. The van der Waals surface area contributed by atoms with Gasteiger partial charge < -0.3 is 27.0 Å². The van der Waals surface area contributed by atoms with Crippen molar-refractivity contribution in [3.63, 3.8) is 0 Å². The summed E-state index contributed by atoms with van der Waals surface area (Å²) >= 11 is 0. The Bertz CT molecular complexity index is 1390. The minimum atomic E-state index is 0.114. The third kappa shape index (κ3) is 10.9. The van der Waals surface area contributed by atoms with Crippen LogP contribution in [0.5, 0.6) is 0 Å². The summed E-state index contributed by atoms with van der Waals surface area (Å²) in [6.07, 6.45) is 0.998. The molecule has 4 rings (SSSR count). The molecular formula is C36H46N6O. The minimum absolute atomic E-state index is 0.114. The van der Waals surface area contributed by atoms with Crippen LogP contribution in [0.4, 0.5) is 0 Å². The number of hydrogen-bond donors (Lipinski definition) is 4. The van der Waals surface area contributed by atoms with Crippen LogP contribution in [0.25, 0.3) is 16.5 Å². The number of nitrogens with one attached hydrogen (secondary N) is 2. The van der Waals surface area contributed by atoms with E-state index in [1.165, 1.54) is 21.9 Å². The molecule has 0 atom stereocenters. The molecule has 1 amide bonds. The Kier molecular flexibility index (Phi) is 13.8. The summed E-state index contributed by atoms with van der Waals surface area (Å²) in [7, 11) is 0. The van der Waals surface area contributed by atoms with E-state index in [9.17, 15) is 4.79 Å². The number of rotatable bonds is 14. The summed E-state index contributed by atoms with van der Waals surface area (Å²) in [5.41, 5.74) is 14.4. The van der Waals surface area contributed by atoms with Gasteiger partial charge in [0, 0.05) is 44.3 Å². The van der Waals surface area contributed by atoms with Crippen molar-refractivity contribution in [2.75, 3.05) is 39.3 Å². The van der Waals surface area contributed by atoms with Gasteiger partial charge in [0.2, 0.25) is 5.91 Å². The van der Waals surface area contributed by atoms with Crippen LogP contribution < -0.4 is 22.1 Å². The second kappa shape index (κ2) is 18.0. The lowest BCUT2D eigenvalue weighted by atomic mass is 9.91. The average Bonchev–Trinajstić information content (AvgIpc) is 3.04. The number of fused-ring (bicyclic) bond motifs is 1. The molecule has 226 valence electrons. The van der Waals surface area contributed by atoms with Crippen LogP contribution in [0.15, 0.2) is 115 Å². The largest absolute Gasteiger partial charge is 0.384 e. The van der Waals surface area contributed by atoms with Crippen molar-refractivity contribution in [2.24, 2.45) is 16.5 Å². The Morgan fingerprint density at radius 2 is 1.44 bits per heavy atom. The van der Waals surface area contributed by atoms with Gasteiger partial charge in [0.25, 0.3) is 0 Å². The Morgan fingerprint density at radius 3 is 2.00 bits per heavy atom. The fourth-order valence-corrected chi connectivity index (χ4v) is 4.73. The zero-order valence-corrected chi connectivity index (χ0v) is 25.5. The van der Waals surface area contributed by atoms with E-state index in [-0.39, 0.29) is 17.8 Å². The Hall–Kier alpha value is -4.62. The number of nitrogens with two attached hydrogens (primary N) is 2. The molecule has 0 saturated carbocycles. The van der Waals surface area contributed by atoms with Gasteiger partial charge in [0.15, 0.2) is 5.96 Å². The summed E-state index contributed by atoms with van der Waals surface area (Å²) in [6, 6.07) is 35.5. The van der Waals surface area contributed by atoms with Crippen LogP contribution in [0.2, 0.25) is 0 Å². The average molecular weight is 579 g/mol. The second-order valence-corrected chi connectivity index (χ2v) is 10.3. The number of nitrogens with zero attached hydrogens (tertiary/aromatic N) is 2. The highest BCUT2D eigenvalue weighted by molar-refractivity contribution is 5.85. The molecule has 7 nitrogen and oxygen atoms in total. The van der Waals surface area contributed by atoms with E-state index < -0.39 is 0 Å². The van der Waals surface area contributed by atoms with E-state index in [2.05, 4.69) is 101 Å². The fourth-order valence-electron chi connectivity index (χ4n) is 4.73. The van der Waals surface area contributed by atoms with Crippen LogP contribution >= 0.6 is 0 Å². The molecule has 0 aliphatic rings. The van der Waals surface area contributed by atoms with Gasteiger partial charge in [-0.05, 0) is 46.9 Å². The van der Waals surface area contributed by atoms with Crippen molar-refractivity contribution >= 4 is 28.3 Å². The summed E-state index contributed by atoms with van der Waals surface area (Å²) in [6.45, 7) is 12.0. The van der Waals surface area contributed by atoms with Crippen LogP contribution in [0, 0.1) is 0 Å². The van der Waals surface area contributed by atoms with E-state index in [0.29, 0.717) is 32.7 Å². The summed E-state index contributed by atoms with van der Waals surface area (Å²) < 4.78 is 0. The molecule has 6 N–H and O–H groups in total. The van der Waals surface area contributed by atoms with E-state index >= 15 is 0 Å². The van der Waals surface area contributed by atoms with Gasteiger partial charge in [-0.15, -0.1) is 0 Å². The van der Waals surface area contributed by atoms with E-state index in [1.807, 2.05) is 43.0 Å². The lowest BCUT2D eigenvalue weighted by Gasteiger charge is -2.28. The van der Waals surface area contributed by atoms with Crippen LogP contribution in [-0.4, -0.2) is 56.0 Å². The molecular weight excluding hydrogens is 532 g/mol. The molecule has 0 aliphatic heterocycles. The monoisotopic (exact) mass is 578 g/mol. The van der Waals surface area contributed by atoms with Crippen molar-refractivity contribution in [1.29, 1.82) is 0 Å². The Morgan fingerprint density at radius 1 is 0.837 bits per heavy atom. The molecule has 0 fully saturated rings. The molecule has 4 aromatic carbocycles. The highest BCUT2D eigenvalue weighted by atomic mass is 16.2. The third-order valence-electron chi connectivity index (χ3n) is 7.07. The molecule has 0 aromatic heterocycles. The summed E-state index contributed by atoms with van der Waals surface area (Å²) in [4.78, 5) is 18.7. The zero-order valence-electron chi connectivity index (χ0n) is 25.5. The first-order chi connectivity index (χ1) is 20.9.